The highest BCUT2D eigenvalue weighted by Gasteiger charge is 2.18. The lowest BCUT2D eigenvalue weighted by Crippen LogP contribution is -2.14. The maximum Gasteiger partial charge on any atom is 0.162 e. The first-order chi connectivity index (χ1) is 9.17. The molecule has 0 fully saturated rings. The minimum Gasteiger partial charge on any atom is -0.369 e. The van der Waals surface area contributed by atoms with Crippen molar-refractivity contribution < 1.29 is 4.74 Å². The van der Waals surface area contributed by atoms with E-state index < -0.39 is 0 Å². The van der Waals surface area contributed by atoms with Crippen LogP contribution >= 0.6 is 0 Å². The molecule has 0 amide bonds. The molecule has 0 saturated heterocycles. The number of methoxy groups -OCH3 is 1. The van der Waals surface area contributed by atoms with Gasteiger partial charge in [-0.25, -0.2) is 9.97 Å². The van der Waals surface area contributed by atoms with Crippen molar-refractivity contribution in [2.75, 3.05) is 7.11 Å². The number of hydrogen-bond donors (Lipinski definition) is 1. The van der Waals surface area contributed by atoms with Crippen molar-refractivity contribution in [1.82, 2.24) is 9.97 Å². The molecule has 0 spiro atoms. The number of aryl methyl sites for hydroxylation is 2. The molecule has 2 rings (SSSR count). The summed E-state index contributed by atoms with van der Waals surface area (Å²) in [7, 11) is 1.67. The zero-order valence-electron chi connectivity index (χ0n) is 11.6. The predicted octanol–water partition coefficient (Wildman–Crippen LogP) is 2.29. The van der Waals surface area contributed by atoms with Crippen molar-refractivity contribution in [3.05, 3.63) is 58.7 Å². The van der Waals surface area contributed by atoms with Crippen LogP contribution in [0.25, 0.3) is 0 Å². The zero-order valence-corrected chi connectivity index (χ0v) is 11.6. The molecule has 1 unspecified atom stereocenters. The SMILES string of the molecule is COC(c1ccccc1)c1nc(C)c(CN)c(C)n1. The molecule has 1 aromatic carbocycles. The van der Waals surface area contributed by atoms with Crippen LogP contribution in [0.2, 0.25) is 0 Å². The minimum atomic E-state index is -0.245. The van der Waals surface area contributed by atoms with Crippen LogP contribution in [0, 0.1) is 13.8 Å². The van der Waals surface area contributed by atoms with Gasteiger partial charge in [-0.2, -0.15) is 0 Å². The summed E-state index contributed by atoms with van der Waals surface area (Å²) in [6.07, 6.45) is -0.245. The van der Waals surface area contributed by atoms with E-state index in [4.69, 9.17) is 10.5 Å². The summed E-state index contributed by atoms with van der Waals surface area (Å²) in [5.74, 6) is 0.681. The van der Waals surface area contributed by atoms with Crippen LogP contribution in [-0.2, 0) is 11.3 Å². The van der Waals surface area contributed by atoms with Gasteiger partial charge in [-0.15, -0.1) is 0 Å². The van der Waals surface area contributed by atoms with E-state index in [0.717, 1.165) is 22.5 Å². The Kier molecular flexibility index (Phi) is 4.24. The minimum absolute atomic E-state index is 0.245. The number of rotatable bonds is 4. The molecule has 0 saturated carbocycles. The maximum absolute atomic E-state index is 5.71. The van der Waals surface area contributed by atoms with Crippen molar-refractivity contribution >= 4 is 0 Å². The second-order valence-electron chi connectivity index (χ2n) is 4.46. The lowest BCUT2D eigenvalue weighted by Gasteiger charge is -2.17. The topological polar surface area (TPSA) is 61.0 Å². The smallest absolute Gasteiger partial charge is 0.162 e. The molecule has 1 atom stereocenters. The van der Waals surface area contributed by atoms with Gasteiger partial charge in [-0.3, -0.25) is 0 Å². The van der Waals surface area contributed by atoms with Gasteiger partial charge in [0.2, 0.25) is 0 Å². The summed E-state index contributed by atoms with van der Waals surface area (Å²) in [4.78, 5) is 9.07. The third-order valence-electron chi connectivity index (χ3n) is 3.21. The molecular weight excluding hydrogens is 238 g/mol. The standard InChI is InChI=1S/C15H19N3O/c1-10-13(9-16)11(2)18-15(17-10)14(19-3)12-7-5-4-6-8-12/h4-8,14H,9,16H2,1-3H3. The van der Waals surface area contributed by atoms with Crippen molar-refractivity contribution in [2.45, 2.75) is 26.5 Å². The third-order valence-corrected chi connectivity index (χ3v) is 3.21. The molecular formula is C15H19N3O. The first-order valence-electron chi connectivity index (χ1n) is 6.29. The van der Waals surface area contributed by atoms with Crippen molar-refractivity contribution in [3.63, 3.8) is 0 Å². The highest BCUT2D eigenvalue weighted by atomic mass is 16.5. The average molecular weight is 257 g/mol. The van der Waals surface area contributed by atoms with Gasteiger partial charge in [0.1, 0.15) is 6.10 Å². The van der Waals surface area contributed by atoms with Crippen LogP contribution in [0.1, 0.15) is 34.4 Å². The Labute approximate surface area is 113 Å². The van der Waals surface area contributed by atoms with Crippen molar-refractivity contribution in [1.29, 1.82) is 0 Å². The predicted molar refractivity (Wildman–Crippen MR) is 74.7 cm³/mol. The van der Waals surface area contributed by atoms with Gasteiger partial charge in [-0.05, 0) is 19.4 Å². The third kappa shape index (κ3) is 2.80. The van der Waals surface area contributed by atoms with Gasteiger partial charge in [0.15, 0.2) is 5.82 Å². The van der Waals surface area contributed by atoms with E-state index in [1.807, 2.05) is 44.2 Å². The fraction of sp³-hybridized carbons (Fsp3) is 0.333. The van der Waals surface area contributed by atoms with Crippen LogP contribution in [0.15, 0.2) is 30.3 Å². The molecule has 1 heterocycles. The van der Waals surface area contributed by atoms with Gasteiger partial charge in [-0.1, -0.05) is 30.3 Å². The Morgan fingerprint density at radius 3 is 2.16 bits per heavy atom. The van der Waals surface area contributed by atoms with Crippen molar-refractivity contribution in [2.24, 2.45) is 5.73 Å². The summed E-state index contributed by atoms with van der Waals surface area (Å²) in [6, 6.07) is 9.97. The second kappa shape index (κ2) is 5.91. The van der Waals surface area contributed by atoms with Gasteiger partial charge in [0.25, 0.3) is 0 Å². The Bertz CT molecular complexity index is 532. The Balaban J connectivity index is 2.45. The van der Waals surface area contributed by atoms with E-state index in [-0.39, 0.29) is 6.10 Å². The second-order valence-corrected chi connectivity index (χ2v) is 4.46. The quantitative estimate of drug-likeness (QED) is 0.913. The number of nitrogens with zero attached hydrogens (tertiary/aromatic N) is 2. The molecule has 0 aliphatic rings. The number of ether oxygens (including phenoxy) is 1. The molecule has 0 bridgehead atoms. The lowest BCUT2D eigenvalue weighted by molar-refractivity contribution is 0.128. The fourth-order valence-electron chi connectivity index (χ4n) is 2.20. The summed E-state index contributed by atoms with van der Waals surface area (Å²) in [5.41, 5.74) is 9.60. The number of nitrogens with two attached hydrogens (primary N) is 1. The number of hydrogen-bond acceptors (Lipinski definition) is 4. The highest BCUT2D eigenvalue weighted by molar-refractivity contribution is 5.28. The molecule has 1 aromatic heterocycles. The molecule has 0 aliphatic heterocycles. The Hall–Kier alpha value is -1.78. The molecule has 19 heavy (non-hydrogen) atoms. The molecule has 2 N–H and O–H groups in total. The first kappa shape index (κ1) is 13.6. The average Bonchev–Trinajstić information content (AvgIpc) is 2.40. The van der Waals surface area contributed by atoms with Crippen molar-refractivity contribution in [3.8, 4) is 0 Å². The fourth-order valence-corrected chi connectivity index (χ4v) is 2.20. The van der Waals surface area contributed by atoms with Crippen LogP contribution in [0.4, 0.5) is 0 Å². The lowest BCUT2D eigenvalue weighted by atomic mass is 10.1. The number of aromatic nitrogens is 2. The van der Waals surface area contributed by atoms with E-state index in [2.05, 4.69) is 9.97 Å². The monoisotopic (exact) mass is 257 g/mol. The van der Waals surface area contributed by atoms with Gasteiger partial charge >= 0.3 is 0 Å². The molecule has 0 radical (unpaired) electrons. The molecule has 4 heteroatoms. The van der Waals surface area contributed by atoms with E-state index in [1.165, 1.54) is 0 Å². The summed E-state index contributed by atoms with van der Waals surface area (Å²) < 4.78 is 5.55. The molecule has 100 valence electrons. The summed E-state index contributed by atoms with van der Waals surface area (Å²) in [5, 5.41) is 0. The van der Waals surface area contributed by atoms with Gasteiger partial charge in [0, 0.05) is 30.6 Å². The van der Waals surface area contributed by atoms with Crippen LogP contribution in [0.5, 0.6) is 0 Å². The van der Waals surface area contributed by atoms with E-state index in [9.17, 15) is 0 Å². The molecule has 4 nitrogen and oxygen atoms in total. The van der Waals surface area contributed by atoms with Crippen LogP contribution in [0.3, 0.4) is 0 Å². The first-order valence-corrected chi connectivity index (χ1v) is 6.29. The zero-order chi connectivity index (χ0) is 13.8. The van der Waals surface area contributed by atoms with Gasteiger partial charge < -0.3 is 10.5 Å². The van der Waals surface area contributed by atoms with Crippen LogP contribution in [-0.4, -0.2) is 17.1 Å². The maximum atomic E-state index is 5.71. The Morgan fingerprint density at radius 2 is 1.68 bits per heavy atom. The highest BCUT2D eigenvalue weighted by Crippen LogP contribution is 2.23. The van der Waals surface area contributed by atoms with E-state index in [1.54, 1.807) is 7.11 Å². The molecule has 0 aliphatic carbocycles. The van der Waals surface area contributed by atoms with Gasteiger partial charge in [0.05, 0.1) is 0 Å². The van der Waals surface area contributed by atoms with Crippen LogP contribution < -0.4 is 5.73 Å². The normalized spacial score (nSPS) is 12.4. The summed E-state index contributed by atoms with van der Waals surface area (Å²) in [6.45, 7) is 4.37. The summed E-state index contributed by atoms with van der Waals surface area (Å²) >= 11 is 0. The number of benzene rings is 1. The van der Waals surface area contributed by atoms with E-state index >= 15 is 0 Å². The molecule has 2 aromatic rings. The Morgan fingerprint density at radius 1 is 1.11 bits per heavy atom. The largest absolute Gasteiger partial charge is 0.369 e. The van der Waals surface area contributed by atoms with E-state index in [0.29, 0.717) is 12.4 Å².